The Morgan fingerprint density at radius 2 is 1.75 bits per heavy atom. The fourth-order valence-corrected chi connectivity index (χ4v) is 0.548. The van der Waals surface area contributed by atoms with Gasteiger partial charge in [-0.15, -0.1) is 0 Å². The number of thiol groups is 1. The van der Waals surface area contributed by atoms with Gasteiger partial charge in [0.25, 0.3) is 8.87 Å². The van der Waals surface area contributed by atoms with Gasteiger partial charge in [0.1, 0.15) is 0 Å². The van der Waals surface area contributed by atoms with Crippen LogP contribution in [0.3, 0.4) is 0 Å². The van der Waals surface area contributed by atoms with Crippen molar-refractivity contribution in [3.05, 3.63) is 12.0 Å². The molecule has 0 unspecified atom stereocenters. The van der Waals surface area contributed by atoms with Crippen molar-refractivity contribution in [1.82, 2.24) is 0 Å². The second-order valence-corrected chi connectivity index (χ2v) is 5.14. The summed E-state index contributed by atoms with van der Waals surface area (Å²) in [6.45, 7) is 2.78. The highest BCUT2D eigenvalue weighted by molar-refractivity contribution is 8.60. The van der Waals surface area contributed by atoms with Gasteiger partial charge in [-0.05, 0) is 0 Å². The predicted molar refractivity (Wildman–Crippen MR) is 29.4 cm³/mol. The van der Waals surface area contributed by atoms with Crippen LogP contribution in [0.15, 0.2) is 12.0 Å². The maximum atomic E-state index is 9.98. The minimum atomic E-state index is -4.02. The lowest BCUT2D eigenvalue weighted by Gasteiger charge is -1.76. The Morgan fingerprint density at radius 3 is 1.75 bits per heavy atom. The summed E-state index contributed by atoms with van der Waals surface area (Å²) in [7, 11) is -7.41. The van der Waals surface area contributed by atoms with E-state index in [1.54, 1.807) is 0 Å². The molecule has 0 N–H and O–H groups in total. The number of hydrogen-bond donors (Lipinski definition) is 1. The van der Waals surface area contributed by atoms with E-state index in [2.05, 4.69) is 6.58 Å². The molecule has 0 radical (unpaired) electrons. The molecule has 0 fully saturated rings. The quantitative estimate of drug-likeness (QED) is 0.414. The van der Waals surface area contributed by atoms with Crippen LogP contribution >= 0.6 is 0 Å². The van der Waals surface area contributed by atoms with Gasteiger partial charge in [0.2, 0.25) is 9.74 Å². The highest BCUT2D eigenvalue weighted by Crippen LogP contribution is 1.87. The molecule has 8 heavy (non-hydrogen) atoms. The standard InChI is InChI=1S/C2H4O4S2/c1-2-8(5,6)7(3)4/h2,7H,1H2. The Balaban J connectivity index is 4.99. The zero-order valence-corrected chi connectivity index (χ0v) is 5.48. The predicted octanol–water partition coefficient (Wildman–Crippen LogP) is -0.929. The second kappa shape index (κ2) is 2.27. The summed E-state index contributed by atoms with van der Waals surface area (Å²) in [5.74, 6) is 0. The zero-order valence-electron chi connectivity index (χ0n) is 3.77. The van der Waals surface area contributed by atoms with E-state index in [-0.39, 0.29) is 0 Å². The molecule has 0 saturated heterocycles. The van der Waals surface area contributed by atoms with Crippen LogP contribution in [-0.4, -0.2) is 16.8 Å². The van der Waals surface area contributed by atoms with Crippen LogP contribution in [0.5, 0.6) is 0 Å². The highest BCUT2D eigenvalue weighted by Gasteiger charge is 2.04. The molecule has 0 heterocycles. The Labute approximate surface area is 48.1 Å². The van der Waals surface area contributed by atoms with Gasteiger partial charge in [-0.25, -0.2) is 16.8 Å². The van der Waals surface area contributed by atoms with E-state index in [0.717, 1.165) is 0 Å². The van der Waals surface area contributed by atoms with Crippen LogP contribution in [-0.2, 0) is 18.6 Å². The first-order chi connectivity index (χ1) is 3.50. The van der Waals surface area contributed by atoms with Crippen molar-refractivity contribution in [2.24, 2.45) is 0 Å². The van der Waals surface area contributed by atoms with Crippen molar-refractivity contribution < 1.29 is 16.8 Å². The normalized spacial score (nSPS) is 11.6. The van der Waals surface area contributed by atoms with Crippen LogP contribution in [0.1, 0.15) is 0 Å². The summed E-state index contributed by atoms with van der Waals surface area (Å²) in [5, 5.41) is 0.388. The molecule has 4 nitrogen and oxygen atoms in total. The van der Waals surface area contributed by atoms with E-state index in [4.69, 9.17) is 0 Å². The fraction of sp³-hybridized carbons (Fsp3) is 0. The molecule has 48 valence electrons. The third kappa shape index (κ3) is 1.63. The minimum absolute atomic E-state index is 0.388. The maximum Gasteiger partial charge on any atom is 0.272 e. The van der Waals surface area contributed by atoms with Gasteiger partial charge in [-0.3, -0.25) is 0 Å². The summed E-state index contributed by atoms with van der Waals surface area (Å²) in [5.41, 5.74) is 0. The average Bonchev–Trinajstić information content (AvgIpc) is 1.67. The Morgan fingerprint density at radius 1 is 1.38 bits per heavy atom. The van der Waals surface area contributed by atoms with Crippen LogP contribution in [0.4, 0.5) is 0 Å². The van der Waals surface area contributed by atoms with Crippen molar-refractivity contribution in [3.8, 4) is 0 Å². The van der Waals surface area contributed by atoms with E-state index in [1.165, 1.54) is 0 Å². The molecular formula is C2H4O4S2. The lowest BCUT2D eigenvalue weighted by Crippen LogP contribution is -1.93. The van der Waals surface area contributed by atoms with E-state index in [1.807, 2.05) is 0 Å². The topological polar surface area (TPSA) is 68.3 Å². The van der Waals surface area contributed by atoms with Crippen molar-refractivity contribution in [3.63, 3.8) is 0 Å². The molecule has 0 rings (SSSR count). The third-order valence-electron chi connectivity index (χ3n) is 0.418. The second-order valence-electron chi connectivity index (χ2n) is 0.905. The van der Waals surface area contributed by atoms with Crippen molar-refractivity contribution >= 4 is 18.6 Å². The average molecular weight is 156 g/mol. The third-order valence-corrected chi connectivity index (χ3v) is 2.95. The number of hydrogen-bond acceptors (Lipinski definition) is 4. The molecule has 0 aromatic rings. The molecule has 0 aliphatic carbocycles. The van der Waals surface area contributed by atoms with Gasteiger partial charge < -0.3 is 0 Å². The molecule has 0 aromatic carbocycles. The van der Waals surface area contributed by atoms with E-state index in [0.29, 0.717) is 5.41 Å². The Kier molecular flexibility index (Phi) is 2.17. The first kappa shape index (κ1) is 7.64. The minimum Gasteiger partial charge on any atom is -0.215 e. The summed E-state index contributed by atoms with van der Waals surface area (Å²) in [4.78, 5) is 0. The Hall–Kier alpha value is -0.360. The highest BCUT2D eigenvalue weighted by atomic mass is 33.1. The van der Waals surface area contributed by atoms with Gasteiger partial charge in [0.15, 0.2) is 0 Å². The zero-order chi connectivity index (χ0) is 6.78. The van der Waals surface area contributed by atoms with Gasteiger partial charge in [0, 0.05) is 5.41 Å². The van der Waals surface area contributed by atoms with Crippen molar-refractivity contribution in [2.75, 3.05) is 0 Å². The lowest BCUT2D eigenvalue weighted by molar-refractivity contribution is 0.597. The van der Waals surface area contributed by atoms with Gasteiger partial charge in [0.05, 0.1) is 0 Å². The lowest BCUT2D eigenvalue weighted by atomic mass is 11.3. The molecule has 0 saturated carbocycles. The Bertz CT molecular complexity index is 235. The SMILES string of the molecule is C=CS(=O)(=O)[SH](=O)=O. The summed E-state index contributed by atoms with van der Waals surface area (Å²) >= 11 is 0. The van der Waals surface area contributed by atoms with E-state index >= 15 is 0 Å². The first-order valence-corrected chi connectivity index (χ1v) is 4.85. The molecule has 0 amide bonds. The summed E-state index contributed by atoms with van der Waals surface area (Å²) < 4.78 is 39.2. The van der Waals surface area contributed by atoms with Crippen molar-refractivity contribution in [2.45, 2.75) is 0 Å². The van der Waals surface area contributed by atoms with Crippen molar-refractivity contribution in [1.29, 1.82) is 0 Å². The summed E-state index contributed by atoms with van der Waals surface area (Å²) in [6, 6.07) is 0. The molecule has 0 bridgehead atoms. The molecule has 0 atom stereocenters. The molecule has 6 heteroatoms. The van der Waals surface area contributed by atoms with Gasteiger partial charge >= 0.3 is 0 Å². The largest absolute Gasteiger partial charge is 0.272 e. The fourth-order valence-electron chi connectivity index (χ4n) is 0.0609. The molecular weight excluding hydrogens is 152 g/mol. The van der Waals surface area contributed by atoms with Crippen LogP contribution in [0.2, 0.25) is 0 Å². The van der Waals surface area contributed by atoms with E-state index in [9.17, 15) is 16.8 Å². The molecule has 0 aliphatic heterocycles. The van der Waals surface area contributed by atoms with E-state index < -0.39 is 18.6 Å². The number of rotatable bonds is 2. The monoisotopic (exact) mass is 156 g/mol. The van der Waals surface area contributed by atoms with Gasteiger partial charge in [-0.2, -0.15) is 0 Å². The van der Waals surface area contributed by atoms with Crippen LogP contribution in [0, 0.1) is 0 Å². The molecule has 0 spiro atoms. The first-order valence-electron chi connectivity index (χ1n) is 1.53. The smallest absolute Gasteiger partial charge is 0.215 e. The van der Waals surface area contributed by atoms with Crippen LogP contribution < -0.4 is 0 Å². The molecule has 0 aliphatic rings. The van der Waals surface area contributed by atoms with Gasteiger partial charge in [-0.1, -0.05) is 6.58 Å². The van der Waals surface area contributed by atoms with Crippen LogP contribution in [0.25, 0.3) is 0 Å². The maximum absolute atomic E-state index is 9.98. The summed E-state index contributed by atoms with van der Waals surface area (Å²) in [6.07, 6.45) is 0. The molecule has 0 aromatic heterocycles.